The third-order valence-corrected chi connectivity index (χ3v) is 4.94. The molecule has 1 aliphatic rings. The Morgan fingerprint density at radius 1 is 1.50 bits per heavy atom. The summed E-state index contributed by atoms with van der Waals surface area (Å²) in [7, 11) is 1.55. The lowest BCUT2D eigenvalue weighted by molar-refractivity contribution is -0.151. The zero-order valence-electron chi connectivity index (χ0n) is 11.6. The van der Waals surface area contributed by atoms with E-state index in [2.05, 4.69) is 5.32 Å². The van der Waals surface area contributed by atoms with E-state index in [1.807, 2.05) is 0 Å². The van der Waals surface area contributed by atoms with Gasteiger partial charge in [-0.1, -0.05) is 12.8 Å². The highest BCUT2D eigenvalue weighted by Gasteiger charge is 2.43. The molecule has 2 atom stereocenters. The van der Waals surface area contributed by atoms with E-state index in [4.69, 9.17) is 4.74 Å². The van der Waals surface area contributed by atoms with Crippen LogP contribution in [0, 0.1) is 5.41 Å². The van der Waals surface area contributed by atoms with Gasteiger partial charge in [-0.2, -0.15) is 0 Å². The third-order valence-electron chi connectivity index (χ3n) is 4.04. The van der Waals surface area contributed by atoms with Gasteiger partial charge in [-0.25, -0.2) is 0 Å². The van der Waals surface area contributed by atoms with Crippen molar-refractivity contribution in [2.24, 2.45) is 5.41 Å². The predicted molar refractivity (Wildman–Crippen MR) is 76.3 cm³/mol. The van der Waals surface area contributed by atoms with Crippen LogP contribution in [0.1, 0.15) is 42.3 Å². The summed E-state index contributed by atoms with van der Waals surface area (Å²) < 4.78 is 5.05. The molecule has 20 heavy (non-hydrogen) atoms. The minimum absolute atomic E-state index is 0.224. The largest absolute Gasteiger partial charge is 0.496 e. The van der Waals surface area contributed by atoms with Crippen LogP contribution < -0.4 is 10.1 Å². The molecule has 1 aromatic rings. The Kier molecular flexibility index (Phi) is 4.32. The van der Waals surface area contributed by atoms with Crippen molar-refractivity contribution in [1.82, 2.24) is 5.32 Å². The number of carboxylic acids is 1. The Morgan fingerprint density at radius 2 is 2.25 bits per heavy atom. The summed E-state index contributed by atoms with van der Waals surface area (Å²) in [4.78, 5) is 24.2. The third kappa shape index (κ3) is 2.80. The number of aliphatic carboxylic acids is 1. The molecule has 1 aromatic heterocycles. The van der Waals surface area contributed by atoms with Crippen molar-refractivity contribution in [1.29, 1.82) is 0 Å². The number of ether oxygens (including phenoxy) is 1. The Bertz CT molecular complexity index is 513. The number of hydrogen-bond donors (Lipinski definition) is 2. The van der Waals surface area contributed by atoms with E-state index in [1.54, 1.807) is 25.5 Å². The molecule has 0 radical (unpaired) electrons. The average molecular weight is 297 g/mol. The van der Waals surface area contributed by atoms with Crippen molar-refractivity contribution in [2.45, 2.75) is 38.6 Å². The lowest BCUT2D eigenvalue weighted by atomic mass is 9.71. The molecule has 1 amide bonds. The minimum Gasteiger partial charge on any atom is -0.496 e. The lowest BCUT2D eigenvalue weighted by Crippen LogP contribution is -2.52. The summed E-state index contributed by atoms with van der Waals surface area (Å²) in [5, 5.41) is 14.1. The lowest BCUT2D eigenvalue weighted by Gasteiger charge is -2.38. The highest BCUT2D eigenvalue weighted by Crippen LogP contribution is 2.36. The molecule has 2 rings (SSSR count). The molecule has 6 heteroatoms. The molecule has 2 N–H and O–H groups in total. The first-order valence-electron chi connectivity index (χ1n) is 6.64. The van der Waals surface area contributed by atoms with Crippen molar-refractivity contribution in [3.05, 3.63) is 16.3 Å². The van der Waals surface area contributed by atoms with Gasteiger partial charge in [0.05, 0.1) is 17.4 Å². The molecule has 0 aromatic carbocycles. The van der Waals surface area contributed by atoms with Gasteiger partial charge in [-0.3, -0.25) is 9.59 Å². The Morgan fingerprint density at radius 3 is 2.85 bits per heavy atom. The zero-order valence-corrected chi connectivity index (χ0v) is 12.5. The molecule has 1 saturated carbocycles. The molecule has 2 unspecified atom stereocenters. The van der Waals surface area contributed by atoms with Crippen LogP contribution in [-0.4, -0.2) is 30.1 Å². The van der Waals surface area contributed by atoms with Gasteiger partial charge in [-0.15, -0.1) is 11.3 Å². The fourth-order valence-electron chi connectivity index (χ4n) is 2.60. The standard InChI is InChI=1S/C14H19NO4S/c1-14(13(17)18)6-4-3-5-11(14)15-12(16)10-7-9(19-2)8-20-10/h7-8,11H,3-6H2,1-2H3,(H,15,16)(H,17,18). The van der Waals surface area contributed by atoms with Gasteiger partial charge in [0.15, 0.2) is 0 Å². The number of carbonyl (C=O) groups is 2. The van der Waals surface area contributed by atoms with Gasteiger partial charge < -0.3 is 15.2 Å². The maximum absolute atomic E-state index is 12.2. The van der Waals surface area contributed by atoms with E-state index < -0.39 is 11.4 Å². The number of carbonyl (C=O) groups excluding carboxylic acids is 1. The quantitative estimate of drug-likeness (QED) is 0.895. The molecule has 0 bridgehead atoms. The number of rotatable bonds is 4. The van der Waals surface area contributed by atoms with Crippen molar-refractivity contribution in [2.75, 3.05) is 7.11 Å². The first kappa shape index (κ1) is 14.8. The summed E-state index contributed by atoms with van der Waals surface area (Å²) in [6.07, 6.45) is 3.14. The van der Waals surface area contributed by atoms with E-state index >= 15 is 0 Å². The molecule has 0 spiro atoms. The first-order valence-corrected chi connectivity index (χ1v) is 7.52. The summed E-state index contributed by atoms with van der Waals surface area (Å²) in [5.74, 6) is -0.422. The van der Waals surface area contributed by atoms with Gasteiger partial charge in [0, 0.05) is 17.5 Å². The average Bonchev–Trinajstić information content (AvgIpc) is 2.90. The minimum atomic E-state index is -0.880. The Balaban J connectivity index is 2.10. The van der Waals surface area contributed by atoms with E-state index in [0.717, 1.165) is 12.8 Å². The topological polar surface area (TPSA) is 75.6 Å². The number of hydrogen-bond acceptors (Lipinski definition) is 4. The van der Waals surface area contributed by atoms with E-state index in [9.17, 15) is 14.7 Å². The second-order valence-corrected chi connectivity index (χ2v) is 6.26. The molecule has 0 saturated heterocycles. The summed E-state index contributed by atoms with van der Waals surface area (Å²) in [6, 6.07) is 1.34. The van der Waals surface area contributed by atoms with Crippen molar-refractivity contribution >= 4 is 23.2 Å². The predicted octanol–water partition coefficient (Wildman–Crippen LogP) is 2.52. The zero-order chi connectivity index (χ0) is 14.8. The van der Waals surface area contributed by atoms with Crippen molar-refractivity contribution in [3.8, 4) is 5.75 Å². The van der Waals surface area contributed by atoms with Crippen molar-refractivity contribution < 1.29 is 19.4 Å². The number of carboxylic acid groups (broad SMARTS) is 1. The van der Waals surface area contributed by atoms with E-state index in [0.29, 0.717) is 23.5 Å². The van der Waals surface area contributed by atoms with Gasteiger partial charge in [0.25, 0.3) is 5.91 Å². The van der Waals surface area contributed by atoms with Gasteiger partial charge in [-0.05, 0) is 19.8 Å². The smallest absolute Gasteiger partial charge is 0.311 e. The number of methoxy groups -OCH3 is 1. The Hall–Kier alpha value is -1.56. The highest BCUT2D eigenvalue weighted by molar-refractivity contribution is 7.12. The second kappa shape index (κ2) is 5.83. The normalized spacial score (nSPS) is 26.0. The van der Waals surface area contributed by atoms with Crippen LogP contribution in [0.3, 0.4) is 0 Å². The van der Waals surface area contributed by atoms with Crippen LogP contribution in [0.4, 0.5) is 0 Å². The Labute approximate surface area is 121 Å². The van der Waals surface area contributed by atoms with Crippen molar-refractivity contribution in [3.63, 3.8) is 0 Å². The SMILES string of the molecule is COc1csc(C(=O)NC2CCCCC2(C)C(=O)O)c1. The summed E-state index contributed by atoms with van der Waals surface area (Å²) >= 11 is 1.29. The van der Waals surface area contributed by atoms with Crippen LogP contribution in [0.2, 0.25) is 0 Å². The maximum atomic E-state index is 12.2. The molecule has 110 valence electrons. The van der Waals surface area contributed by atoms with Crippen LogP contribution in [0.5, 0.6) is 5.75 Å². The van der Waals surface area contributed by atoms with Gasteiger partial charge in [0.2, 0.25) is 0 Å². The number of amides is 1. The number of nitrogens with one attached hydrogen (secondary N) is 1. The molecular weight excluding hydrogens is 278 g/mol. The van der Waals surface area contributed by atoms with Crippen LogP contribution >= 0.6 is 11.3 Å². The summed E-state index contributed by atoms with van der Waals surface area (Å²) in [6.45, 7) is 1.72. The number of thiophene rings is 1. The fraction of sp³-hybridized carbons (Fsp3) is 0.571. The highest BCUT2D eigenvalue weighted by atomic mass is 32.1. The molecule has 1 heterocycles. The van der Waals surface area contributed by atoms with Gasteiger partial charge in [0.1, 0.15) is 5.75 Å². The van der Waals surface area contributed by atoms with Crippen LogP contribution in [0.25, 0.3) is 0 Å². The first-order chi connectivity index (χ1) is 9.47. The molecular formula is C14H19NO4S. The summed E-state index contributed by atoms with van der Waals surface area (Å²) in [5.41, 5.74) is -0.880. The molecule has 1 aliphatic carbocycles. The van der Waals surface area contributed by atoms with E-state index in [-0.39, 0.29) is 11.9 Å². The van der Waals surface area contributed by atoms with Gasteiger partial charge >= 0.3 is 5.97 Å². The molecule has 1 fully saturated rings. The maximum Gasteiger partial charge on any atom is 0.311 e. The van der Waals surface area contributed by atoms with E-state index in [1.165, 1.54) is 11.3 Å². The molecule has 5 nitrogen and oxygen atoms in total. The van der Waals surface area contributed by atoms with Crippen LogP contribution in [0.15, 0.2) is 11.4 Å². The fourth-order valence-corrected chi connectivity index (χ4v) is 3.35. The molecule has 0 aliphatic heterocycles. The second-order valence-electron chi connectivity index (χ2n) is 5.35. The monoisotopic (exact) mass is 297 g/mol. The van der Waals surface area contributed by atoms with Crippen LogP contribution in [-0.2, 0) is 4.79 Å².